The quantitative estimate of drug-likeness (QED) is 0.0680. The van der Waals surface area contributed by atoms with E-state index >= 15 is 0 Å². The Morgan fingerprint density at radius 3 is 2.12 bits per heavy atom. The van der Waals surface area contributed by atoms with Gasteiger partial charge in [-0.15, -0.1) is 0 Å². The fourth-order valence-corrected chi connectivity index (χ4v) is 5.62. The monoisotopic (exact) mass is 595 g/mol. The number of rotatable bonds is 26. The number of imidazole rings is 1. The Balaban J connectivity index is 1.54. The molecule has 0 spiro atoms. The Hall–Kier alpha value is -1.70. The molecule has 2 rings (SSSR count). The van der Waals surface area contributed by atoms with E-state index in [4.69, 9.17) is 18.5 Å². The van der Waals surface area contributed by atoms with E-state index < -0.39 is 13.9 Å². The molecule has 1 aromatic heterocycles. The zero-order chi connectivity index (χ0) is 29.6. The molecule has 0 saturated carbocycles. The average Bonchev–Trinajstić information content (AvgIpc) is 3.35. The van der Waals surface area contributed by atoms with Crippen molar-refractivity contribution in [2.45, 2.75) is 116 Å². The van der Waals surface area contributed by atoms with Crippen LogP contribution in [0.1, 0.15) is 109 Å². The minimum Gasteiger partial charge on any atom is -0.404 e. The molecule has 2 atom stereocenters. The van der Waals surface area contributed by atoms with Crippen LogP contribution in [0.5, 0.6) is 5.75 Å². The van der Waals surface area contributed by atoms with Crippen molar-refractivity contribution in [3.8, 4) is 5.75 Å². The lowest BCUT2D eigenvalue weighted by atomic mass is 10.0. The molecule has 8 nitrogen and oxygen atoms in total. The van der Waals surface area contributed by atoms with E-state index in [0.717, 1.165) is 18.4 Å². The first kappa shape index (κ1) is 35.5. The normalized spacial score (nSPS) is 13.8. The molecule has 2 unspecified atom stereocenters. The lowest BCUT2D eigenvalue weighted by Crippen LogP contribution is -2.26. The molecular weight excluding hydrogens is 539 g/mol. The summed E-state index contributed by atoms with van der Waals surface area (Å²) in [5.74, 6) is 0.284. The van der Waals surface area contributed by atoms with Crippen molar-refractivity contribution in [3.63, 3.8) is 0 Å². The lowest BCUT2D eigenvalue weighted by Gasteiger charge is -2.19. The third-order valence-corrected chi connectivity index (χ3v) is 8.00. The van der Waals surface area contributed by atoms with Gasteiger partial charge in [-0.3, -0.25) is 9.42 Å². The number of hydrogen-bond acceptors (Lipinski definition) is 5. The molecular formula is C32H56N2O6P+. The number of phosphoric ester groups is 1. The van der Waals surface area contributed by atoms with Gasteiger partial charge in [-0.25, -0.2) is 13.7 Å². The highest BCUT2D eigenvalue weighted by Crippen LogP contribution is 2.44. The minimum absolute atomic E-state index is 0.0834. The molecule has 1 N–H and O–H groups in total. The smallest absolute Gasteiger partial charge is 0.404 e. The van der Waals surface area contributed by atoms with Crippen LogP contribution in [0.4, 0.5) is 0 Å². The first-order valence-corrected chi connectivity index (χ1v) is 17.4. The van der Waals surface area contributed by atoms with Crippen molar-refractivity contribution < 1.29 is 32.5 Å². The van der Waals surface area contributed by atoms with Gasteiger partial charge in [-0.05, 0) is 31.0 Å². The van der Waals surface area contributed by atoms with Gasteiger partial charge in [0.25, 0.3) is 0 Å². The molecule has 1 heterocycles. The predicted molar refractivity (Wildman–Crippen MR) is 164 cm³/mol. The number of benzene rings is 1. The van der Waals surface area contributed by atoms with Gasteiger partial charge < -0.3 is 14.0 Å². The topological polar surface area (TPSA) is 83.0 Å². The molecule has 0 bridgehead atoms. The maximum Gasteiger partial charge on any atom is 0.527 e. The molecule has 0 aliphatic carbocycles. The van der Waals surface area contributed by atoms with Crippen molar-refractivity contribution in [1.29, 1.82) is 0 Å². The van der Waals surface area contributed by atoms with Crippen molar-refractivity contribution in [2.75, 3.05) is 26.4 Å². The highest BCUT2D eigenvalue weighted by atomic mass is 31.2. The van der Waals surface area contributed by atoms with Gasteiger partial charge >= 0.3 is 7.82 Å². The molecule has 9 heteroatoms. The Morgan fingerprint density at radius 2 is 1.54 bits per heavy atom. The van der Waals surface area contributed by atoms with Crippen LogP contribution in [-0.4, -0.2) is 42.0 Å². The van der Waals surface area contributed by atoms with Crippen LogP contribution < -0.4 is 9.09 Å². The SMILES string of the molecule is CCCCCCCCCCCCCCCCOCC(COP(=O)(O)Oc1cccc(Cn2cc[n+](C)c2)c1)OCC. The first-order valence-electron chi connectivity index (χ1n) is 15.9. The Kier molecular flexibility index (Phi) is 19.0. The zero-order valence-corrected chi connectivity index (χ0v) is 26.8. The fourth-order valence-electron chi connectivity index (χ4n) is 4.84. The molecule has 0 saturated heterocycles. The van der Waals surface area contributed by atoms with Crippen LogP contribution in [0.2, 0.25) is 0 Å². The summed E-state index contributed by atoms with van der Waals surface area (Å²) in [7, 11) is -2.36. The van der Waals surface area contributed by atoms with Crippen LogP contribution in [0.3, 0.4) is 0 Å². The second-order valence-electron chi connectivity index (χ2n) is 11.0. The molecule has 0 aliphatic heterocycles. The third kappa shape index (κ3) is 17.8. The summed E-state index contributed by atoms with van der Waals surface area (Å²) in [5.41, 5.74) is 0.947. The van der Waals surface area contributed by atoms with Gasteiger partial charge in [-0.2, -0.15) is 0 Å². The summed E-state index contributed by atoms with van der Waals surface area (Å²) >= 11 is 0. The van der Waals surface area contributed by atoms with Crippen LogP contribution in [0.25, 0.3) is 0 Å². The molecule has 0 radical (unpaired) electrons. The van der Waals surface area contributed by atoms with Gasteiger partial charge in [0.15, 0.2) is 0 Å². The minimum atomic E-state index is -4.31. The van der Waals surface area contributed by atoms with E-state index in [0.29, 0.717) is 26.4 Å². The number of unbranched alkanes of at least 4 members (excludes halogenated alkanes) is 13. The van der Waals surface area contributed by atoms with Crippen LogP contribution in [-0.2, 0) is 32.2 Å². The summed E-state index contributed by atoms with van der Waals surface area (Å²) in [6.45, 7) is 6.12. The second-order valence-corrected chi connectivity index (χ2v) is 12.4. The van der Waals surface area contributed by atoms with Crippen molar-refractivity contribution in [3.05, 3.63) is 48.5 Å². The van der Waals surface area contributed by atoms with Gasteiger partial charge in [0, 0.05) is 13.2 Å². The lowest BCUT2D eigenvalue weighted by molar-refractivity contribution is -0.671. The van der Waals surface area contributed by atoms with Crippen molar-refractivity contribution >= 4 is 7.82 Å². The summed E-state index contributed by atoms with van der Waals surface area (Å²) in [4.78, 5) is 10.3. The fraction of sp³-hybridized carbons (Fsp3) is 0.719. The molecule has 2 aromatic rings. The van der Waals surface area contributed by atoms with Gasteiger partial charge in [0.2, 0.25) is 6.33 Å². The van der Waals surface area contributed by atoms with Gasteiger partial charge in [0.1, 0.15) is 30.8 Å². The zero-order valence-electron chi connectivity index (χ0n) is 25.9. The van der Waals surface area contributed by atoms with Crippen LogP contribution in [0.15, 0.2) is 43.0 Å². The number of aryl methyl sites for hydroxylation is 1. The molecule has 41 heavy (non-hydrogen) atoms. The molecule has 0 amide bonds. The highest BCUT2D eigenvalue weighted by Gasteiger charge is 2.25. The summed E-state index contributed by atoms with van der Waals surface area (Å²) in [6, 6.07) is 7.12. The van der Waals surface area contributed by atoms with Crippen molar-refractivity contribution in [2.24, 2.45) is 7.05 Å². The van der Waals surface area contributed by atoms with E-state index in [1.807, 2.05) is 47.9 Å². The van der Waals surface area contributed by atoms with E-state index in [9.17, 15) is 9.46 Å². The maximum atomic E-state index is 12.6. The third-order valence-electron chi connectivity index (χ3n) is 7.08. The Bertz CT molecular complexity index is 969. The predicted octanol–water partition coefficient (Wildman–Crippen LogP) is 7.76. The van der Waals surface area contributed by atoms with E-state index in [1.165, 1.54) is 77.0 Å². The molecule has 1 aromatic carbocycles. The first-order chi connectivity index (χ1) is 19.9. The van der Waals surface area contributed by atoms with Gasteiger partial charge in [-0.1, -0.05) is 103 Å². The van der Waals surface area contributed by atoms with Crippen molar-refractivity contribution in [1.82, 2.24) is 4.57 Å². The standard InChI is InChI=1S/C32H55N2O6P/c1-4-6-7-8-9-10-11-12-13-14-15-16-17-18-24-37-27-32(38-5-2)28-39-41(35,36)40-31-21-19-20-30(25-31)26-34-23-22-33(3)29-34/h19-23,25,29,32H,4-18,24,26-28H2,1-3H3/p+1. The number of hydrogen-bond donors (Lipinski definition) is 1. The van der Waals surface area contributed by atoms with Gasteiger partial charge in [0.05, 0.1) is 20.3 Å². The van der Waals surface area contributed by atoms with E-state index in [2.05, 4.69) is 6.92 Å². The maximum absolute atomic E-state index is 12.6. The number of nitrogens with zero attached hydrogens (tertiary/aromatic N) is 2. The number of phosphoric acid groups is 1. The molecule has 0 fully saturated rings. The Labute approximate surface area is 249 Å². The van der Waals surface area contributed by atoms with Crippen LogP contribution in [0, 0.1) is 0 Å². The summed E-state index contributed by atoms with van der Waals surface area (Å²) in [5, 5.41) is 0. The summed E-state index contributed by atoms with van der Waals surface area (Å²) in [6.07, 6.45) is 24.0. The van der Waals surface area contributed by atoms with E-state index in [-0.39, 0.29) is 12.4 Å². The Morgan fingerprint density at radius 1 is 0.902 bits per heavy atom. The number of aromatic nitrogens is 2. The molecule has 0 aliphatic rings. The van der Waals surface area contributed by atoms with Crippen LogP contribution >= 0.6 is 7.82 Å². The second kappa shape index (κ2) is 21.9. The largest absolute Gasteiger partial charge is 0.527 e. The number of ether oxygens (including phenoxy) is 2. The summed E-state index contributed by atoms with van der Waals surface area (Å²) < 4.78 is 38.6. The average molecular weight is 596 g/mol. The molecule has 234 valence electrons. The highest BCUT2D eigenvalue weighted by molar-refractivity contribution is 7.47. The van der Waals surface area contributed by atoms with E-state index in [1.54, 1.807) is 18.2 Å².